The Bertz CT molecular complexity index is 784. The van der Waals surface area contributed by atoms with Gasteiger partial charge in [0.25, 0.3) is 0 Å². The fraction of sp³-hybridized carbons (Fsp3) is 0.0769. The van der Waals surface area contributed by atoms with Crippen molar-refractivity contribution >= 4 is 17.4 Å². The lowest BCUT2D eigenvalue weighted by molar-refractivity contribution is 0.768. The van der Waals surface area contributed by atoms with Gasteiger partial charge in [0.2, 0.25) is 0 Å². The lowest BCUT2D eigenvalue weighted by Crippen LogP contribution is -2.10. The zero-order valence-corrected chi connectivity index (χ0v) is 11.9. The lowest BCUT2D eigenvalue weighted by Gasteiger charge is -2.07. The molecule has 0 radical (unpaired) electrons. The van der Waals surface area contributed by atoms with E-state index in [2.05, 4.69) is 25.5 Å². The number of nitrogens with zero attached hydrogens (tertiary/aromatic N) is 5. The molecule has 0 bridgehead atoms. The average Bonchev–Trinajstić information content (AvgIpc) is 2.94. The first kappa shape index (κ1) is 13.5. The van der Waals surface area contributed by atoms with Crippen LogP contribution in [0, 0.1) is 0 Å². The Morgan fingerprint density at radius 3 is 2.86 bits per heavy atom. The molecule has 0 unspecified atom stereocenters. The molecular weight excluding hydrogens is 290 g/mol. The number of nitrogens with two attached hydrogens (primary N) is 1. The molecule has 3 N–H and O–H groups in total. The second kappa shape index (κ2) is 5.47. The van der Waals surface area contributed by atoms with Crippen molar-refractivity contribution in [2.75, 3.05) is 5.43 Å². The van der Waals surface area contributed by atoms with E-state index in [1.165, 1.54) is 0 Å². The minimum absolute atomic E-state index is 0.398. The summed E-state index contributed by atoms with van der Waals surface area (Å²) in [5.74, 6) is 6.34. The van der Waals surface area contributed by atoms with E-state index in [0.717, 1.165) is 5.56 Å². The van der Waals surface area contributed by atoms with Crippen LogP contribution in [-0.4, -0.2) is 24.7 Å². The first-order valence-electron chi connectivity index (χ1n) is 6.13. The van der Waals surface area contributed by atoms with Crippen LogP contribution < -0.4 is 11.3 Å². The molecular formula is C13H12ClN7. The van der Waals surface area contributed by atoms with E-state index in [1.54, 1.807) is 35.3 Å². The maximum absolute atomic E-state index is 6.15. The van der Waals surface area contributed by atoms with Crippen LogP contribution in [0.2, 0.25) is 5.02 Å². The standard InChI is InChI=1S/C13H12ClN7/c1-21-7-8(6-17-21)10-5-11(20-15)19-13(18-10)12-9(14)3-2-4-16-12/h2-7H,15H2,1H3,(H,18,19,20). The van der Waals surface area contributed by atoms with Crippen molar-refractivity contribution in [2.24, 2.45) is 12.9 Å². The fourth-order valence-electron chi connectivity index (χ4n) is 1.88. The summed E-state index contributed by atoms with van der Waals surface area (Å²) in [7, 11) is 1.84. The molecule has 0 amide bonds. The van der Waals surface area contributed by atoms with Crippen LogP contribution >= 0.6 is 11.6 Å². The molecule has 106 valence electrons. The Kier molecular flexibility index (Phi) is 3.51. The number of hydrogen-bond acceptors (Lipinski definition) is 6. The topological polar surface area (TPSA) is 94.5 Å². The molecule has 0 atom stereocenters. The van der Waals surface area contributed by atoms with Gasteiger partial charge in [0.15, 0.2) is 5.82 Å². The third-order valence-electron chi connectivity index (χ3n) is 2.84. The molecule has 0 fully saturated rings. The molecule has 3 aromatic rings. The van der Waals surface area contributed by atoms with Crippen LogP contribution in [0.4, 0.5) is 5.82 Å². The summed E-state index contributed by atoms with van der Waals surface area (Å²) in [6.07, 6.45) is 5.20. The summed E-state index contributed by atoms with van der Waals surface area (Å²) in [5, 5.41) is 4.61. The summed E-state index contributed by atoms with van der Waals surface area (Å²) in [5.41, 5.74) is 4.56. The quantitative estimate of drug-likeness (QED) is 0.566. The minimum atomic E-state index is 0.398. The molecule has 0 spiro atoms. The van der Waals surface area contributed by atoms with Gasteiger partial charge >= 0.3 is 0 Å². The first-order chi connectivity index (χ1) is 10.2. The molecule has 3 heterocycles. The second-order valence-corrected chi connectivity index (χ2v) is 4.75. The summed E-state index contributed by atoms with van der Waals surface area (Å²) in [4.78, 5) is 13.0. The predicted molar refractivity (Wildman–Crippen MR) is 80.3 cm³/mol. The number of rotatable bonds is 3. The maximum atomic E-state index is 6.15. The zero-order chi connectivity index (χ0) is 14.8. The monoisotopic (exact) mass is 301 g/mol. The molecule has 3 aromatic heterocycles. The van der Waals surface area contributed by atoms with Gasteiger partial charge in [-0.25, -0.2) is 15.8 Å². The number of nitrogen functional groups attached to an aromatic ring is 1. The zero-order valence-electron chi connectivity index (χ0n) is 11.2. The van der Waals surface area contributed by atoms with Crippen LogP contribution in [0.15, 0.2) is 36.8 Å². The number of aromatic nitrogens is 5. The highest BCUT2D eigenvalue weighted by Crippen LogP contribution is 2.26. The largest absolute Gasteiger partial charge is 0.308 e. The number of hydrogen-bond donors (Lipinski definition) is 2. The summed E-state index contributed by atoms with van der Waals surface area (Å²) < 4.78 is 1.69. The Morgan fingerprint density at radius 1 is 1.33 bits per heavy atom. The first-order valence-corrected chi connectivity index (χ1v) is 6.51. The molecule has 7 nitrogen and oxygen atoms in total. The molecule has 0 aliphatic carbocycles. The van der Waals surface area contributed by atoms with E-state index in [9.17, 15) is 0 Å². The van der Waals surface area contributed by atoms with Crippen molar-refractivity contribution in [1.82, 2.24) is 24.7 Å². The Balaban J connectivity index is 2.16. The van der Waals surface area contributed by atoms with Gasteiger partial charge in [0.1, 0.15) is 11.5 Å². The van der Waals surface area contributed by atoms with Crippen LogP contribution in [0.1, 0.15) is 0 Å². The number of aryl methyl sites for hydroxylation is 1. The Labute approximate surface area is 125 Å². The Hall–Kier alpha value is -2.51. The van der Waals surface area contributed by atoms with Crippen molar-refractivity contribution in [2.45, 2.75) is 0 Å². The molecule has 0 aliphatic rings. The molecule has 21 heavy (non-hydrogen) atoms. The lowest BCUT2D eigenvalue weighted by atomic mass is 10.2. The molecule has 0 saturated heterocycles. The van der Waals surface area contributed by atoms with Crippen LogP contribution in [0.25, 0.3) is 22.8 Å². The van der Waals surface area contributed by atoms with Crippen molar-refractivity contribution in [3.05, 3.63) is 41.8 Å². The van der Waals surface area contributed by atoms with Crippen LogP contribution in [0.3, 0.4) is 0 Å². The van der Waals surface area contributed by atoms with E-state index < -0.39 is 0 Å². The highest BCUT2D eigenvalue weighted by molar-refractivity contribution is 6.32. The van der Waals surface area contributed by atoms with Gasteiger partial charge < -0.3 is 5.43 Å². The van der Waals surface area contributed by atoms with Crippen molar-refractivity contribution in [3.8, 4) is 22.8 Å². The van der Waals surface area contributed by atoms with E-state index in [0.29, 0.717) is 28.1 Å². The summed E-state index contributed by atoms with van der Waals surface area (Å²) in [6.45, 7) is 0. The van der Waals surface area contributed by atoms with E-state index in [1.807, 2.05) is 13.2 Å². The number of anilines is 1. The van der Waals surface area contributed by atoms with Gasteiger partial charge in [-0.15, -0.1) is 0 Å². The van der Waals surface area contributed by atoms with Gasteiger partial charge in [-0.05, 0) is 12.1 Å². The van der Waals surface area contributed by atoms with E-state index in [4.69, 9.17) is 17.4 Å². The van der Waals surface area contributed by atoms with Gasteiger partial charge in [-0.3, -0.25) is 9.67 Å². The normalized spacial score (nSPS) is 10.6. The average molecular weight is 302 g/mol. The minimum Gasteiger partial charge on any atom is -0.308 e. The van der Waals surface area contributed by atoms with E-state index in [-0.39, 0.29) is 0 Å². The van der Waals surface area contributed by atoms with Crippen LogP contribution in [0.5, 0.6) is 0 Å². The molecule has 0 aromatic carbocycles. The third-order valence-corrected chi connectivity index (χ3v) is 3.15. The van der Waals surface area contributed by atoms with Gasteiger partial charge in [-0.1, -0.05) is 11.6 Å². The fourth-order valence-corrected chi connectivity index (χ4v) is 2.08. The summed E-state index contributed by atoms with van der Waals surface area (Å²) >= 11 is 6.15. The third kappa shape index (κ3) is 2.69. The van der Waals surface area contributed by atoms with Gasteiger partial charge in [0.05, 0.1) is 16.9 Å². The van der Waals surface area contributed by atoms with Crippen molar-refractivity contribution in [1.29, 1.82) is 0 Å². The molecule has 0 aliphatic heterocycles. The smallest absolute Gasteiger partial charge is 0.182 e. The SMILES string of the molecule is Cn1cc(-c2cc(NN)nc(-c3ncccc3Cl)n2)cn1. The number of pyridine rings is 1. The molecule has 8 heteroatoms. The van der Waals surface area contributed by atoms with Crippen LogP contribution in [-0.2, 0) is 7.05 Å². The molecule has 3 rings (SSSR count). The highest BCUT2D eigenvalue weighted by Gasteiger charge is 2.12. The number of hydrazine groups is 1. The number of halogens is 1. The number of nitrogens with one attached hydrogen (secondary N) is 1. The predicted octanol–water partition coefficient (Wildman–Crippen LogP) is 1.88. The molecule has 0 saturated carbocycles. The van der Waals surface area contributed by atoms with E-state index >= 15 is 0 Å². The maximum Gasteiger partial charge on any atom is 0.182 e. The van der Waals surface area contributed by atoms with Gasteiger partial charge in [-0.2, -0.15) is 5.10 Å². The van der Waals surface area contributed by atoms with Crippen molar-refractivity contribution in [3.63, 3.8) is 0 Å². The van der Waals surface area contributed by atoms with Crippen molar-refractivity contribution < 1.29 is 0 Å². The highest BCUT2D eigenvalue weighted by atomic mass is 35.5. The Morgan fingerprint density at radius 2 is 2.19 bits per heavy atom. The van der Waals surface area contributed by atoms with Gasteiger partial charge in [0, 0.05) is 31.1 Å². The summed E-state index contributed by atoms with van der Waals surface area (Å²) in [6, 6.07) is 5.22. The second-order valence-electron chi connectivity index (χ2n) is 4.34.